The number of methoxy groups -OCH3 is 1. The summed E-state index contributed by atoms with van der Waals surface area (Å²) in [5, 5.41) is 15.6. The molecule has 12 heteroatoms. The number of urea groups is 1. The van der Waals surface area contributed by atoms with Crippen LogP contribution in [-0.2, 0) is 16.1 Å². The minimum Gasteiger partial charge on any atom is -0.381 e. The van der Waals surface area contributed by atoms with Crippen LogP contribution in [0.4, 0.5) is 22.1 Å². The molecule has 4 rings (SSSR count). The summed E-state index contributed by atoms with van der Waals surface area (Å²) in [4.78, 5) is 50.5. The molecule has 1 saturated carbocycles. The molecule has 2 aliphatic rings. The maximum Gasteiger partial charge on any atom is 0.328 e. The Balaban J connectivity index is 1.44. The standard InChI is InChI=1S/C26H32N8O4/c1-32-8-9-34(25(36)15-32)14-17-4-7-24(30-22(17)16-35)33(2)26(37)31-23-11-21(18(12-27)13-28-23)29-19-5-6-20(10-19)38-3/h4,7,11,13,16,19-20H,5-6,8-10,14-15H2,1-3H3,(H2,28,29,31,37). The Morgan fingerprint density at radius 1 is 1.34 bits per heavy atom. The molecule has 3 heterocycles. The second-order valence-corrected chi connectivity index (χ2v) is 9.61. The molecule has 0 spiro atoms. The second kappa shape index (κ2) is 12.0. The highest BCUT2D eigenvalue weighted by Crippen LogP contribution is 2.27. The zero-order valence-electron chi connectivity index (χ0n) is 21.8. The van der Waals surface area contributed by atoms with Gasteiger partial charge in [-0.2, -0.15) is 5.26 Å². The zero-order valence-corrected chi connectivity index (χ0v) is 21.8. The molecule has 12 nitrogen and oxygen atoms in total. The van der Waals surface area contributed by atoms with E-state index in [0.29, 0.717) is 36.2 Å². The molecule has 1 saturated heterocycles. The highest BCUT2D eigenvalue weighted by molar-refractivity contribution is 6.00. The third kappa shape index (κ3) is 6.24. The van der Waals surface area contributed by atoms with Gasteiger partial charge in [0.1, 0.15) is 23.4 Å². The summed E-state index contributed by atoms with van der Waals surface area (Å²) in [7, 11) is 5.11. The molecule has 0 bridgehead atoms. The van der Waals surface area contributed by atoms with E-state index >= 15 is 0 Å². The summed E-state index contributed by atoms with van der Waals surface area (Å²) in [6, 6.07) is 6.74. The van der Waals surface area contributed by atoms with Crippen molar-refractivity contribution in [2.24, 2.45) is 0 Å². The number of carbonyl (C=O) groups excluding carboxylic acids is 3. The third-order valence-corrected chi connectivity index (χ3v) is 6.97. The van der Waals surface area contributed by atoms with Gasteiger partial charge in [0, 0.05) is 57.7 Å². The monoisotopic (exact) mass is 520 g/mol. The van der Waals surface area contributed by atoms with E-state index in [-0.39, 0.29) is 41.9 Å². The summed E-state index contributed by atoms with van der Waals surface area (Å²) in [5.74, 6) is 0.526. The number of rotatable bonds is 8. The van der Waals surface area contributed by atoms with Gasteiger partial charge in [0.25, 0.3) is 0 Å². The molecule has 2 N–H and O–H groups in total. The van der Waals surface area contributed by atoms with Gasteiger partial charge in [-0.1, -0.05) is 6.07 Å². The van der Waals surface area contributed by atoms with Crippen LogP contribution in [0.25, 0.3) is 0 Å². The number of carbonyl (C=O) groups is 3. The predicted octanol–water partition coefficient (Wildman–Crippen LogP) is 2.08. The largest absolute Gasteiger partial charge is 0.381 e. The quantitative estimate of drug-likeness (QED) is 0.500. The first-order valence-corrected chi connectivity index (χ1v) is 12.5. The zero-order chi connectivity index (χ0) is 27.2. The van der Waals surface area contributed by atoms with Crippen molar-refractivity contribution >= 4 is 35.5 Å². The number of nitrogens with zero attached hydrogens (tertiary/aromatic N) is 6. The lowest BCUT2D eigenvalue weighted by Crippen LogP contribution is -2.48. The normalized spacial score (nSPS) is 19.6. The molecule has 2 aromatic heterocycles. The number of hydrogen-bond donors (Lipinski definition) is 2. The molecule has 1 aliphatic heterocycles. The first-order valence-electron chi connectivity index (χ1n) is 12.5. The Kier molecular flexibility index (Phi) is 8.50. The number of piperazine rings is 1. The van der Waals surface area contributed by atoms with Gasteiger partial charge in [0.05, 0.1) is 23.9 Å². The number of anilines is 3. The number of nitriles is 1. The van der Waals surface area contributed by atoms with Crippen molar-refractivity contribution in [2.45, 2.75) is 38.0 Å². The number of likely N-dealkylation sites (N-methyl/N-ethyl adjacent to an activating group) is 1. The lowest BCUT2D eigenvalue weighted by molar-refractivity contribution is -0.136. The van der Waals surface area contributed by atoms with Crippen molar-refractivity contribution in [1.29, 1.82) is 5.26 Å². The fourth-order valence-corrected chi connectivity index (χ4v) is 4.65. The Labute approximate surface area is 221 Å². The van der Waals surface area contributed by atoms with Gasteiger partial charge in [-0.05, 0) is 32.4 Å². The van der Waals surface area contributed by atoms with Crippen LogP contribution in [-0.4, -0.2) is 91.0 Å². The molecule has 1 aliphatic carbocycles. The molecule has 2 unspecified atom stereocenters. The van der Waals surface area contributed by atoms with Gasteiger partial charge in [-0.25, -0.2) is 14.8 Å². The molecule has 0 aromatic carbocycles. The lowest BCUT2D eigenvalue weighted by atomic mass is 10.1. The van der Waals surface area contributed by atoms with Crippen molar-refractivity contribution < 1.29 is 19.1 Å². The molecule has 38 heavy (non-hydrogen) atoms. The third-order valence-electron chi connectivity index (χ3n) is 6.97. The van der Waals surface area contributed by atoms with E-state index in [1.54, 1.807) is 30.2 Å². The molecular weight excluding hydrogens is 488 g/mol. The van der Waals surface area contributed by atoms with E-state index < -0.39 is 6.03 Å². The number of aromatic nitrogens is 2. The molecule has 2 atom stereocenters. The number of amides is 3. The van der Waals surface area contributed by atoms with E-state index in [9.17, 15) is 19.6 Å². The summed E-state index contributed by atoms with van der Waals surface area (Å²) < 4.78 is 5.42. The van der Waals surface area contributed by atoms with E-state index in [1.165, 1.54) is 18.1 Å². The van der Waals surface area contributed by atoms with Gasteiger partial charge in [-0.15, -0.1) is 0 Å². The minimum atomic E-state index is -0.514. The average molecular weight is 521 g/mol. The fraction of sp³-hybridized carbons (Fsp3) is 0.462. The molecule has 0 radical (unpaired) electrons. The maximum absolute atomic E-state index is 13.0. The van der Waals surface area contributed by atoms with Gasteiger partial charge in [-0.3, -0.25) is 24.7 Å². The van der Waals surface area contributed by atoms with Gasteiger partial charge >= 0.3 is 6.03 Å². The summed E-state index contributed by atoms with van der Waals surface area (Å²) in [5.41, 5.74) is 1.75. The first-order chi connectivity index (χ1) is 18.3. The Bertz CT molecular complexity index is 1250. The number of ether oxygens (including phenoxy) is 1. The van der Waals surface area contributed by atoms with Crippen LogP contribution in [0.5, 0.6) is 0 Å². The van der Waals surface area contributed by atoms with E-state index in [0.717, 1.165) is 25.8 Å². The van der Waals surface area contributed by atoms with Crippen LogP contribution in [0.2, 0.25) is 0 Å². The first kappa shape index (κ1) is 27.0. The van der Waals surface area contributed by atoms with Crippen LogP contribution in [0.1, 0.15) is 40.9 Å². The van der Waals surface area contributed by atoms with E-state index in [2.05, 4.69) is 26.7 Å². The number of pyridine rings is 2. The van der Waals surface area contributed by atoms with Crippen LogP contribution in [0, 0.1) is 11.3 Å². The fourth-order valence-electron chi connectivity index (χ4n) is 4.65. The van der Waals surface area contributed by atoms with Crippen LogP contribution < -0.4 is 15.5 Å². The number of hydrogen-bond acceptors (Lipinski definition) is 9. The average Bonchev–Trinajstić information content (AvgIpc) is 3.37. The van der Waals surface area contributed by atoms with Crippen molar-refractivity contribution in [1.82, 2.24) is 19.8 Å². The Morgan fingerprint density at radius 2 is 2.16 bits per heavy atom. The molecular formula is C26H32N8O4. The van der Waals surface area contributed by atoms with Crippen molar-refractivity contribution in [2.75, 3.05) is 56.4 Å². The number of nitrogens with one attached hydrogen (secondary N) is 2. The van der Waals surface area contributed by atoms with E-state index in [1.807, 2.05) is 11.9 Å². The Morgan fingerprint density at radius 3 is 2.84 bits per heavy atom. The summed E-state index contributed by atoms with van der Waals surface area (Å²) >= 11 is 0. The molecule has 2 fully saturated rings. The lowest BCUT2D eigenvalue weighted by Gasteiger charge is -2.32. The van der Waals surface area contributed by atoms with Crippen LogP contribution in [0.3, 0.4) is 0 Å². The molecule has 2 aromatic rings. The SMILES string of the molecule is COC1CCC(Nc2cc(NC(=O)N(C)c3ccc(CN4CCN(C)CC4=O)c(C=O)n3)ncc2C#N)C1. The topological polar surface area (TPSA) is 144 Å². The summed E-state index contributed by atoms with van der Waals surface area (Å²) in [6.07, 6.45) is 4.91. The highest BCUT2D eigenvalue weighted by atomic mass is 16.5. The van der Waals surface area contributed by atoms with Crippen molar-refractivity contribution in [3.63, 3.8) is 0 Å². The molecule has 3 amide bonds. The smallest absolute Gasteiger partial charge is 0.328 e. The number of aldehydes is 1. The summed E-state index contributed by atoms with van der Waals surface area (Å²) in [6.45, 7) is 1.94. The minimum absolute atomic E-state index is 0.00797. The van der Waals surface area contributed by atoms with Gasteiger partial charge in [0.15, 0.2) is 6.29 Å². The highest BCUT2D eigenvalue weighted by Gasteiger charge is 2.26. The van der Waals surface area contributed by atoms with Crippen molar-refractivity contribution in [3.05, 3.63) is 41.2 Å². The van der Waals surface area contributed by atoms with E-state index in [4.69, 9.17) is 4.74 Å². The van der Waals surface area contributed by atoms with Crippen LogP contribution in [0.15, 0.2) is 24.4 Å². The molecule has 200 valence electrons. The second-order valence-electron chi connectivity index (χ2n) is 9.61. The maximum atomic E-state index is 13.0. The van der Waals surface area contributed by atoms with Gasteiger partial charge < -0.3 is 15.0 Å². The predicted molar refractivity (Wildman–Crippen MR) is 141 cm³/mol. The van der Waals surface area contributed by atoms with Gasteiger partial charge in [0.2, 0.25) is 5.91 Å². The van der Waals surface area contributed by atoms with Crippen molar-refractivity contribution in [3.8, 4) is 6.07 Å². The van der Waals surface area contributed by atoms with Crippen LogP contribution >= 0.6 is 0 Å². The Hall–Kier alpha value is -4.08.